The van der Waals surface area contributed by atoms with Gasteiger partial charge in [0, 0.05) is 20.0 Å². The summed E-state index contributed by atoms with van der Waals surface area (Å²) >= 11 is 5.62. The molecule has 0 saturated carbocycles. The molecular weight excluding hydrogens is 152 g/mol. The standard InChI is InChI=1S/C6H7ClN2O/c1-4(10)5-3-6(7)9(2)8-5/h3H,1-2H3. The molecule has 0 spiro atoms. The second-order valence-corrected chi connectivity index (χ2v) is 2.42. The zero-order valence-corrected chi connectivity index (χ0v) is 6.51. The molecule has 0 aromatic carbocycles. The molecule has 0 radical (unpaired) electrons. The lowest BCUT2D eigenvalue weighted by Gasteiger charge is -1.86. The Kier molecular flexibility index (Phi) is 1.76. The van der Waals surface area contributed by atoms with Crippen LogP contribution in [0.4, 0.5) is 0 Å². The summed E-state index contributed by atoms with van der Waals surface area (Å²) in [6.07, 6.45) is 0. The van der Waals surface area contributed by atoms with Gasteiger partial charge in [0.25, 0.3) is 0 Å². The summed E-state index contributed by atoms with van der Waals surface area (Å²) in [5, 5.41) is 4.32. The number of hydrogen-bond donors (Lipinski definition) is 0. The van der Waals surface area contributed by atoms with Crippen LogP contribution in [0, 0.1) is 0 Å². The van der Waals surface area contributed by atoms with Gasteiger partial charge in [-0.2, -0.15) is 5.10 Å². The first-order valence-electron chi connectivity index (χ1n) is 2.81. The molecule has 4 heteroatoms. The fourth-order valence-electron chi connectivity index (χ4n) is 0.617. The normalized spacial score (nSPS) is 9.90. The van der Waals surface area contributed by atoms with Crippen molar-refractivity contribution >= 4 is 17.4 Å². The first-order chi connectivity index (χ1) is 4.61. The number of rotatable bonds is 1. The average Bonchev–Trinajstić information content (AvgIpc) is 2.13. The van der Waals surface area contributed by atoms with Crippen LogP contribution in [0.25, 0.3) is 0 Å². The van der Waals surface area contributed by atoms with Gasteiger partial charge in [0.2, 0.25) is 0 Å². The third-order valence-electron chi connectivity index (χ3n) is 1.18. The van der Waals surface area contributed by atoms with Gasteiger partial charge in [0.15, 0.2) is 5.78 Å². The lowest BCUT2D eigenvalue weighted by Crippen LogP contribution is -1.95. The van der Waals surface area contributed by atoms with E-state index in [-0.39, 0.29) is 5.78 Å². The Morgan fingerprint density at radius 2 is 2.40 bits per heavy atom. The zero-order chi connectivity index (χ0) is 7.72. The van der Waals surface area contributed by atoms with E-state index in [1.54, 1.807) is 13.1 Å². The van der Waals surface area contributed by atoms with Crippen molar-refractivity contribution in [3.63, 3.8) is 0 Å². The fraction of sp³-hybridized carbons (Fsp3) is 0.333. The van der Waals surface area contributed by atoms with Crippen LogP contribution >= 0.6 is 11.6 Å². The Balaban J connectivity index is 3.10. The molecule has 1 aromatic heterocycles. The number of carbonyl (C=O) groups excluding carboxylic acids is 1. The van der Waals surface area contributed by atoms with Gasteiger partial charge < -0.3 is 0 Å². The maximum atomic E-state index is 10.7. The van der Waals surface area contributed by atoms with E-state index in [1.807, 2.05) is 0 Å². The quantitative estimate of drug-likeness (QED) is 0.577. The monoisotopic (exact) mass is 158 g/mol. The molecule has 0 fully saturated rings. The Bertz CT molecular complexity index is 247. The van der Waals surface area contributed by atoms with Gasteiger partial charge >= 0.3 is 0 Å². The Labute approximate surface area is 63.6 Å². The summed E-state index contributed by atoms with van der Waals surface area (Å²) < 4.78 is 1.46. The second kappa shape index (κ2) is 2.42. The summed E-state index contributed by atoms with van der Waals surface area (Å²) in [4.78, 5) is 10.7. The van der Waals surface area contributed by atoms with Crippen LogP contribution in [0.15, 0.2) is 6.07 Å². The van der Waals surface area contributed by atoms with Gasteiger partial charge in [-0.1, -0.05) is 11.6 Å². The average molecular weight is 159 g/mol. The molecule has 1 heterocycles. The summed E-state index contributed by atoms with van der Waals surface area (Å²) in [6, 6.07) is 1.55. The lowest BCUT2D eigenvalue weighted by atomic mass is 10.3. The first kappa shape index (κ1) is 7.28. The molecule has 0 aliphatic heterocycles. The molecule has 0 amide bonds. The smallest absolute Gasteiger partial charge is 0.180 e. The van der Waals surface area contributed by atoms with Crippen molar-refractivity contribution in [2.24, 2.45) is 7.05 Å². The fourth-order valence-corrected chi connectivity index (χ4v) is 0.758. The second-order valence-electron chi connectivity index (χ2n) is 2.03. The van der Waals surface area contributed by atoms with Crippen molar-refractivity contribution in [1.29, 1.82) is 0 Å². The molecule has 0 aliphatic rings. The lowest BCUT2D eigenvalue weighted by molar-refractivity contribution is 0.101. The number of ketones is 1. The predicted octanol–water partition coefficient (Wildman–Crippen LogP) is 1.28. The van der Waals surface area contributed by atoms with E-state index in [0.29, 0.717) is 10.8 Å². The van der Waals surface area contributed by atoms with E-state index in [1.165, 1.54) is 11.6 Å². The highest BCUT2D eigenvalue weighted by Gasteiger charge is 2.05. The SMILES string of the molecule is CC(=O)c1cc(Cl)n(C)n1. The van der Waals surface area contributed by atoms with Crippen molar-refractivity contribution in [2.75, 3.05) is 0 Å². The summed E-state index contributed by atoms with van der Waals surface area (Å²) in [5.74, 6) is -0.0671. The molecule has 3 nitrogen and oxygen atoms in total. The summed E-state index contributed by atoms with van der Waals surface area (Å²) in [6.45, 7) is 1.46. The van der Waals surface area contributed by atoms with Gasteiger partial charge in [0.05, 0.1) is 0 Å². The molecule has 54 valence electrons. The van der Waals surface area contributed by atoms with Crippen LogP contribution in [0.1, 0.15) is 17.4 Å². The Morgan fingerprint density at radius 1 is 1.80 bits per heavy atom. The van der Waals surface area contributed by atoms with E-state index in [4.69, 9.17) is 11.6 Å². The van der Waals surface area contributed by atoms with Crippen molar-refractivity contribution in [3.05, 3.63) is 16.9 Å². The van der Waals surface area contributed by atoms with Gasteiger partial charge in [-0.05, 0) is 0 Å². The van der Waals surface area contributed by atoms with Crippen LogP contribution in [0.5, 0.6) is 0 Å². The largest absolute Gasteiger partial charge is 0.293 e. The Hall–Kier alpha value is -0.830. The van der Waals surface area contributed by atoms with Crippen LogP contribution in [-0.4, -0.2) is 15.6 Å². The molecule has 0 saturated heterocycles. The maximum Gasteiger partial charge on any atom is 0.180 e. The van der Waals surface area contributed by atoms with Gasteiger partial charge in [-0.3, -0.25) is 9.48 Å². The van der Waals surface area contributed by atoms with E-state index in [9.17, 15) is 4.79 Å². The van der Waals surface area contributed by atoms with Crippen LogP contribution < -0.4 is 0 Å². The number of Topliss-reactive ketones (excluding diaryl/α,β-unsaturated/α-hetero) is 1. The molecule has 1 aromatic rings. The molecule has 0 N–H and O–H groups in total. The van der Waals surface area contributed by atoms with Crippen molar-refractivity contribution in [3.8, 4) is 0 Å². The highest BCUT2D eigenvalue weighted by atomic mass is 35.5. The molecular formula is C6H7ClN2O. The number of nitrogens with zero attached hydrogens (tertiary/aromatic N) is 2. The molecule has 1 rings (SSSR count). The summed E-state index contributed by atoms with van der Waals surface area (Å²) in [5.41, 5.74) is 0.410. The van der Waals surface area contributed by atoms with Gasteiger partial charge in [-0.15, -0.1) is 0 Å². The highest BCUT2D eigenvalue weighted by molar-refractivity contribution is 6.29. The minimum absolute atomic E-state index is 0.0671. The zero-order valence-electron chi connectivity index (χ0n) is 5.76. The van der Waals surface area contributed by atoms with Gasteiger partial charge in [-0.25, -0.2) is 0 Å². The molecule has 0 unspecified atom stereocenters. The van der Waals surface area contributed by atoms with E-state index in [2.05, 4.69) is 5.10 Å². The van der Waals surface area contributed by atoms with Crippen LogP contribution in [0.3, 0.4) is 0 Å². The summed E-state index contributed by atoms with van der Waals surface area (Å²) in [7, 11) is 1.69. The molecule has 10 heavy (non-hydrogen) atoms. The molecule has 0 bridgehead atoms. The molecule has 0 atom stereocenters. The van der Waals surface area contributed by atoms with E-state index in [0.717, 1.165) is 0 Å². The third kappa shape index (κ3) is 1.19. The van der Waals surface area contributed by atoms with E-state index < -0.39 is 0 Å². The predicted molar refractivity (Wildman–Crippen MR) is 38.2 cm³/mol. The highest BCUT2D eigenvalue weighted by Crippen LogP contribution is 2.08. The minimum Gasteiger partial charge on any atom is -0.293 e. The van der Waals surface area contributed by atoms with Crippen molar-refractivity contribution in [2.45, 2.75) is 6.92 Å². The third-order valence-corrected chi connectivity index (χ3v) is 1.54. The van der Waals surface area contributed by atoms with Crippen LogP contribution in [-0.2, 0) is 7.05 Å². The van der Waals surface area contributed by atoms with Crippen molar-refractivity contribution < 1.29 is 4.79 Å². The topological polar surface area (TPSA) is 34.9 Å². The maximum absolute atomic E-state index is 10.7. The number of halogens is 1. The minimum atomic E-state index is -0.0671. The number of aryl methyl sites for hydroxylation is 1. The Morgan fingerprint density at radius 3 is 2.60 bits per heavy atom. The first-order valence-corrected chi connectivity index (χ1v) is 3.19. The van der Waals surface area contributed by atoms with Crippen LogP contribution in [0.2, 0.25) is 5.15 Å². The van der Waals surface area contributed by atoms with Gasteiger partial charge in [0.1, 0.15) is 10.8 Å². The van der Waals surface area contributed by atoms with Crippen molar-refractivity contribution in [1.82, 2.24) is 9.78 Å². The van der Waals surface area contributed by atoms with E-state index >= 15 is 0 Å². The number of aromatic nitrogens is 2. The molecule has 0 aliphatic carbocycles. The number of hydrogen-bond acceptors (Lipinski definition) is 2. The number of carbonyl (C=O) groups is 1.